The SMILES string of the molecule is O=C(c1ccn(COc2ccccc2[N+](=O)[O-])n1)N1CCN(Cc2ccc(F)cc2Cl)CC1. The number of amides is 1. The highest BCUT2D eigenvalue weighted by atomic mass is 35.5. The van der Waals surface area contributed by atoms with Crippen molar-refractivity contribution in [1.82, 2.24) is 19.6 Å². The fourth-order valence-electron chi connectivity index (χ4n) is 3.58. The first-order valence-electron chi connectivity index (χ1n) is 10.3. The van der Waals surface area contributed by atoms with Crippen molar-refractivity contribution in [3.05, 3.63) is 86.9 Å². The molecular weight excluding hydrogens is 453 g/mol. The van der Waals surface area contributed by atoms with Crippen LogP contribution in [0.2, 0.25) is 5.02 Å². The van der Waals surface area contributed by atoms with Gasteiger partial charge in [0.25, 0.3) is 5.91 Å². The van der Waals surface area contributed by atoms with Crippen LogP contribution in [0.1, 0.15) is 16.1 Å². The van der Waals surface area contributed by atoms with Crippen molar-refractivity contribution in [3.8, 4) is 5.75 Å². The summed E-state index contributed by atoms with van der Waals surface area (Å²) in [6.45, 7) is 2.87. The van der Waals surface area contributed by atoms with E-state index in [2.05, 4.69) is 10.00 Å². The number of nitro groups is 1. The third-order valence-electron chi connectivity index (χ3n) is 5.34. The largest absolute Gasteiger partial charge is 0.464 e. The van der Waals surface area contributed by atoms with Gasteiger partial charge in [0.1, 0.15) is 5.82 Å². The second kappa shape index (κ2) is 9.97. The smallest absolute Gasteiger partial charge is 0.311 e. The zero-order chi connectivity index (χ0) is 23.4. The molecule has 0 radical (unpaired) electrons. The highest BCUT2D eigenvalue weighted by Crippen LogP contribution is 2.26. The van der Waals surface area contributed by atoms with Crippen LogP contribution in [0.5, 0.6) is 5.75 Å². The monoisotopic (exact) mass is 473 g/mol. The minimum Gasteiger partial charge on any atom is -0.464 e. The fourth-order valence-corrected chi connectivity index (χ4v) is 3.80. The molecule has 1 fully saturated rings. The number of hydrogen-bond donors (Lipinski definition) is 0. The molecule has 3 aromatic rings. The van der Waals surface area contributed by atoms with Gasteiger partial charge < -0.3 is 9.64 Å². The van der Waals surface area contributed by atoms with Gasteiger partial charge in [-0.25, -0.2) is 9.07 Å². The number of carbonyl (C=O) groups is 1. The van der Waals surface area contributed by atoms with E-state index in [1.807, 2.05) is 0 Å². The molecule has 33 heavy (non-hydrogen) atoms. The van der Waals surface area contributed by atoms with Crippen molar-refractivity contribution >= 4 is 23.2 Å². The lowest BCUT2D eigenvalue weighted by Crippen LogP contribution is -2.48. The Labute approximate surface area is 194 Å². The molecule has 172 valence electrons. The van der Waals surface area contributed by atoms with Gasteiger partial charge in [0, 0.05) is 50.0 Å². The Hall–Kier alpha value is -3.50. The Balaban J connectivity index is 1.30. The average molecular weight is 474 g/mol. The Morgan fingerprint density at radius 1 is 1.15 bits per heavy atom. The lowest BCUT2D eigenvalue weighted by Gasteiger charge is -2.34. The van der Waals surface area contributed by atoms with E-state index in [9.17, 15) is 19.3 Å². The van der Waals surface area contributed by atoms with Gasteiger partial charge in [-0.1, -0.05) is 29.8 Å². The van der Waals surface area contributed by atoms with Crippen molar-refractivity contribution in [1.29, 1.82) is 0 Å². The number of halogens is 2. The van der Waals surface area contributed by atoms with Gasteiger partial charge in [-0.2, -0.15) is 5.10 Å². The second-order valence-corrected chi connectivity index (χ2v) is 7.95. The molecule has 1 aromatic heterocycles. The van der Waals surface area contributed by atoms with Crippen molar-refractivity contribution < 1.29 is 18.8 Å². The first kappa shape index (κ1) is 22.7. The number of carbonyl (C=O) groups excluding carboxylic acids is 1. The molecule has 0 N–H and O–H groups in total. The molecule has 0 unspecified atom stereocenters. The lowest BCUT2D eigenvalue weighted by molar-refractivity contribution is -0.386. The molecule has 4 rings (SSSR count). The highest BCUT2D eigenvalue weighted by molar-refractivity contribution is 6.31. The van der Waals surface area contributed by atoms with Crippen molar-refractivity contribution in [3.63, 3.8) is 0 Å². The van der Waals surface area contributed by atoms with Crippen LogP contribution in [0.25, 0.3) is 0 Å². The van der Waals surface area contributed by atoms with Crippen LogP contribution in [0.15, 0.2) is 54.7 Å². The molecule has 0 aliphatic carbocycles. The number of nitrogens with zero attached hydrogens (tertiary/aromatic N) is 5. The molecular formula is C22H21ClFN5O4. The standard InChI is InChI=1S/C22H21ClFN5O4/c23-18-13-17(24)6-5-16(18)14-26-9-11-27(12-10-26)22(30)19-7-8-28(25-19)15-33-21-4-2-1-3-20(21)29(31)32/h1-8,13H,9-12,14-15H2. The molecule has 0 saturated carbocycles. The Bertz CT molecular complexity index is 1160. The molecule has 1 aliphatic rings. The highest BCUT2D eigenvalue weighted by Gasteiger charge is 2.24. The summed E-state index contributed by atoms with van der Waals surface area (Å²) in [5.41, 5.74) is 0.979. The van der Waals surface area contributed by atoms with Gasteiger partial charge in [0.2, 0.25) is 0 Å². The van der Waals surface area contributed by atoms with Crippen molar-refractivity contribution in [2.75, 3.05) is 26.2 Å². The molecule has 11 heteroatoms. The number of rotatable bonds is 7. The molecule has 9 nitrogen and oxygen atoms in total. The minimum absolute atomic E-state index is 0.0651. The summed E-state index contributed by atoms with van der Waals surface area (Å²) in [6.07, 6.45) is 1.59. The number of piperazine rings is 1. The van der Waals surface area contributed by atoms with E-state index in [1.54, 1.807) is 35.4 Å². The number of aromatic nitrogens is 2. The van der Waals surface area contributed by atoms with Gasteiger partial charge in [0.15, 0.2) is 18.2 Å². The Morgan fingerprint density at radius 2 is 1.91 bits per heavy atom. The average Bonchev–Trinajstić information content (AvgIpc) is 3.29. The van der Waals surface area contributed by atoms with Crippen LogP contribution in [-0.2, 0) is 13.3 Å². The summed E-state index contributed by atoms with van der Waals surface area (Å²) in [6, 6.07) is 12.0. The maximum Gasteiger partial charge on any atom is 0.311 e. The summed E-state index contributed by atoms with van der Waals surface area (Å²) in [5, 5.41) is 15.7. The maximum atomic E-state index is 13.2. The maximum absolute atomic E-state index is 13.2. The van der Waals surface area contributed by atoms with E-state index in [1.165, 1.54) is 28.9 Å². The quantitative estimate of drug-likeness (QED) is 0.384. The second-order valence-electron chi connectivity index (χ2n) is 7.54. The topological polar surface area (TPSA) is 93.7 Å². The Kier molecular flexibility index (Phi) is 6.85. The molecule has 1 amide bonds. The van der Waals surface area contributed by atoms with E-state index in [0.29, 0.717) is 37.7 Å². The van der Waals surface area contributed by atoms with Crippen molar-refractivity contribution in [2.45, 2.75) is 13.3 Å². The van der Waals surface area contributed by atoms with E-state index in [-0.39, 0.29) is 35.6 Å². The van der Waals surface area contributed by atoms with Crippen LogP contribution >= 0.6 is 11.6 Å². The first-order valence-corrected chi connectivity index (χ1v) is 10.6. The number of hydrogen-bond acceptors (Lipinski definition) is 6. The summed E-state index contributed by atoms with van der Waals surface area (Å²) in [4.78, 5) is 27.3. The molecule has 0 spiro atoms. The lowest BCUT2D eigenvalue weighted by atomic mass is 10.2. The Morgan fingerprint density at radius 3 is 2.64 bits per heavy atom. The number of ether oxygens (including phenoxy) is 1. The van der Waals surface area contributed by atoms with E-state index in [0.717, 1.165) is 5.56 Å². The zero-order valence-corrected chi connectivity index (χ0v) is 18.3. The van der Waals surface area contributed by atoms with Crippen molar-refractivity contribution in [2.24, 2.45) is 0 Å². The van der Waals surface area contributed by atoms with Crippen LogP contribution in [0.4, 0.5) is 10.1 Å². The summed E-state index contributed by atoms with van der Waals surface area (Å²) in [7, 11) is 0. The van der Waals surface area contributed by atoms with Gasteiger partial charge in [-0.05, 0) is 29.8 Å². The van der Waals surface area contributed by atoms with E-state index >= 15 is 0 Å². The van der Waals surface area contributed by atoms with Crippen LogP contribution in [-0.4, -0.2) is 56.6 Å². The molecule has 1 aliphatic heterocycles. The molecule has 0 atom stereocenters. The van der Waals surface area contributed by atoms with Gasteiger partial charge in [0.05, 0.1) is 4.92 Å². The molecule has 0 bridgehead atoms. The number of para-hydroxylation sites is 2. The summed E-state index contributed by atoms with van der Waals surface area (Å²) >= 11 is 6.11. The molecule has 1 saturated heterocycles. The third-order valence-corrected chi connectivity index (χ3v) is 5.69. The van der Waals surface area contributed by atoms with Gasteiger partial charge in [-0.15, -0.1) is 0 Å². The zero-order valence-electron chi connectivity index (χ0n) is 17.6. The van der Waals surface area contributed by atoms with Gasteiger partial charge >= 0.3 is 5.69 Å². The summed E-state index contributed by atoms with van der Waals surface area (Å²) in [5.74, 6) is -0.437. The molecule has 2 aromatic carbocycles. The minimum atomic E-state index is -0.517. The predicted octanol–water partition coefficient (Wildman–Crippen LogP) is 3.58. The molecule has 2 heterocycles. The van der Waals surface area contributed by atoms with Crippen LogP contribution in [0, 0.1) is 15.9 Å². The summed E-state index contributed by atoms with van der Waals surface area (Å²) < 4.78 is 20.1. The van der Waals surface area contributed by atoms with Crippen LogP contribution < -0.4 is 4.74 Å². The third kappa shape index (κ3) is 5.47. The number of benzene rings is 2. The van der Waals surface area contributed by atoms with Crippen LogP contribution in [0.3, 0.4) is 0 Å². The van der Waals surface area contributed by atoms with E-state index in [4.69, 9.17) is 16.3 Å². The van der Waals surface area contributed by atoms with E-state index < -0.39 is 4.92 Å². The van der Waals surface area contributed by atoms with Gasteiger partial charge in [-0.3, -0.25) is 19.8 Å². The fraction of sp³-hybridized carbons (Fsp3) is 0.273. The first-order chi connectivity index (χ1) is 15.9. The number of nitro benzene ring substituents is 1. The predicted molar refractivity (Wildman–Crippen MR) is 119 cm³/mol. The normalized spacial score (nSPS) is 14.3.